The molecule has 0 atom stereocenters. The standard InChI is InChI=1S/C17H21N7O/c1-3-24-15-5-4-13(10-14(15)19-21-24)17(25)23-8-6-12(7-9-23)16-20-18-11-22(16)2/h4-5,10-12H,3,6-9H2,1-2H3. The second-order valence-electron chi connectivity index (χ2n) is 6.48. The van der Waals surface area contributed by atoms with Gasteiger partial charge in [-0.3, -0.25) is 4.79 Å². The first-order valence-corrected chi connectivity index (χ1v) is 8.63. The molecule has 2 aromatic heterocycles. The molecule has 1 fully saturated rings. The highest BCUT2D eigenvalue weighted by molar-refractivity contribution is 5.97. The third kappa shape index (κ3) is 2.77. The number of aryl methyl sites for hydroxylation is 2. The average Bonchev–Trinajstić information content (AvgIpc) is 3.26. The molecule has 0 N–H and O–H groups in total. The van der Waals surface area contributed by atoms with E-state index in [1.807, 2.05) is 46.3 Å². The monoisotopic (exact) mass is 339 g/mol. The highest BCUT2D eigenvalue weighted by atomic mass is 16.2. The van der Waals surface area contributed by atoms with Gasteiger partial charge >= 0.3 is 0 Å². The van der Waals surface area contributed by atoms with Crippen molar-refractivity contribution in [2.24, 2.45) is 7.05 Å². The van der Waals surface area contributed by atoms with Gasteiger partial charge in [0.15, 0.2) is 0 Å². The Bertz CT molecular complexity index is 905. The van der Waals surface area contributed by atoms with Crippen LogP contribution in [0, 0.1) is 0 Å². The predicted octanol–water partition coefficient (Wildman–Crippen LogP) is 1.60. The first kappa shape index (κ1) is 15.7. The minimum atomic E-state index is 0.0596. The Balaban J connectivity index is 1.48. The zero-order valence-electron chi connectivity index (χ0n) is 14.5. The number of hydrogen-bond acceptors (Lipinski definition) is 5. The number of carbonyl (C=O) groups is 1. The van der Waals surface area contributed by atoms with Crippen LogP contribution in [0.5, 0.6) is 0 Å². The number of hydrogen-bond donors (Lipinski definition) is 0. The third-order valence-electron chi connectivity index (χ3n) is 4.95. The quantitative estimate of drug-likeness (QED) is 0.724. The maximum Gasteiger partial charge on any atom is 0.253 e. The first-order valence-electron chi connectivity index (χ1n) is 8.63. The number of nitrogens with zero attached hydrogens (tertiary/aromatic N) is 7. The van der Waals surface area contributed by atoms with E-state index in [0.29, 0.717) is 11.5 Å². The van der Waals surface area contributed by atoms with Crippen LogP contribution in [0.1, 0.15) is 41.9 Å². The van der Waals surface area contributed by atoms with Gasteiger partial charge in [-0.2, -0.15) is 0 Å². The van der Waals surface area contributed by atoms with E-state index in [2.05, 4.69) is 20.5 Å². The third-order valence-corrected chi connectivity index (χ3v) is 4.95. The van der Waals surface area contributed by atoms with E-state index in [1.54, 1.807) is 6.33 Å². The molecule has 4 rings (SSSR count). The molecule has 1 aliphatic rings. The van der Waals surface area contributed by atoms with Crippen molar-refractivity contribution in [3.8, 4) is 0 Å². The number of fused-ring (bicyclic) bond motifs is 1. The Morgan fingerprint density at radius 3 is 2.72 bits per heavy atom. The van der Waals surface area contributed by atoms with Crippen molar-refractivity contribution < 1.29 is 4.79 Å². The van der Waals surface area contributed by atoms with E-state index in [-0.39, 0.29) is 5.91 Å². The van der Waals surface area contributed by atoms with Crippen molar-refractivity contribution >= 4 is 16.9 Å². The van der Waals surface area contributed by atoms with Gasteiger partial charge in [0.25, 0.3) is 5.91 Å². The van der Waals surface area contributed by atoms with E-state index in [9.17, 15) is 4.79 Å². The summed E-state index contributed by atoms with van der Waals surface area (Å²) in [7, 11) is 1.96. The van der Waals surface area contributed by atoms with Crippen LogP contribution in [0.15, 0.2) is 24.5 Å². The van der Waals surface area contributed by atoms with Crippen molar-refractivity contribution in [1.82, 2.24) is 34.7 Å². The van der Waals surface area contributed by atoms with Crippen LogP contribution < -0.4 is 0 Å². The largest absolute Gasteiger partial charge is 0.339 e. The van der Waals surface area contributed by atoms with Crippen LogP contribution in [-0.4, -0.2) is 53.7 Å². The molecule has 0 bridgehead atoms. The molecule has 0 saturated carbocycles. The molecule has 3 heterocycles. The summed E-state index contributed by atoms with van der Waals surface area (Å²) in [5.41, 5.74) is 2.40. The van der Waals surface area contributed by atoms with Gasteiger partial charge in [0.2, 0.25) is 0 Å². The SMILES string of the molecule is CCn1nnc2cc(C(=O)N3CCC(c4nncn4C)CC3)ccc21. The summed E-state index contributed by atoms with van der Waals surface area (Å²) in [6.07, 6.45) is 3.55. The lowest BCUT2D eigenvalue weighted by Gasteiger charge is -2.31. The molecule has 25 heavy (non-hydrogen) atoms. The van der Waals surface area contributed by atoms with Crippen LogP contribution in [0.2, 0.25) is 0 Å². The summed E-state index contributed by atoms with van der Waals surface area (Å²) in [4.78, 5) is 14.7. The van der Waals surface area contributed by atoms with Crippen molar-refractivity contribution in [2.45, 2.75) is 32.2 Å². The van der Waals surface area contributed by atoms with Gasteiger partial charge < -0.3 is 9.47 Å². The number of amides is 1. The van der Waals surface area contributed by atoms with Gasteiger partial charge in [0.1, 0.15) is 17.7 Å². The van der Waals surface area contributed by atoms with Gasteiger partial charge in [0, 0.05) is 38.2 Å². The lowest BCUT2D eigenvalue weighted by atomic mass is 9.95. The molecule has 8 nitrogen and oxygen atoms in total. The summed E-state index contributed by atoms with van der Waals surface area (Å²) in [5, 5.41) is 16.4. The summed E-state index contributed by atoms with van der Waals surface area (Å²) in [5.74, 6) is 1.43. The molecule has 3 aromatic rings. The maximum atomic E-state index is 12.8. The van der Waals surface area contributed by atoms with Crippen molar-refractivity contribution in [1.29, 1.82) is 0 Å². The molecule has 0 aliphatic carbocycles. The molecule has 8 heteroatoms. The molecule has 1 amide bonds. The van der Waals surface area contributed by atoms with Gasteiger partial charge in [-0.1, -0.05) is 5.21 Å². The molecular formula is C17H21N7O. The van der Waals surface area contributed by atoms with E-state index >= 15 is 0 Å². The Morgan fingerprint density at radius 2 is 2.04 bits per heavy atom. The normalized spacial score (nSPS) is 15.8. The fourth-order valence-corrected chi connectivity index (χ4v) is 3.52. The van der Waals surface area contributed by atoms with Crippen LogP contribution in [-0.2, 0) is 13.6 Å². The van der Waals surface area contributed by atoms with Gasteiger partial charge in [0.05, 0.1) is 5.52 Å². The fraction of sp³-hybridized carbons (Fsp3) is 0.471. The second-order valence-corrected chi connectivity index (χ2v) is 6.48. The number of likely N-dealkylation sites (tertiary alicyclic amines) is 1. The summed E-state index contributed by atoms with van der Waals surface area (Å²) < 4.78 is 3.79. The lowest BCUT2D eigenvalue weighted by molar-refractivity contribution is 0.0710. The Kier molecular flexibility index (Phi) is 3.95. The number of benzene rings is 1. The number of rotatable bonds is 3. The molecule has 0 unspecified atom stereocenters. The Hall–Kier alpha value is -2.77. The van der Waals surface area contributed by atoms with Gasteiger partial charge in [-0.05, 0) is 38.0 Å². The molecule has 0 spiro atoms. The minimum absolute atomic E-state index is 0.0596. The minimum Gasteiger partial charge on any atom is -0.339 e. The first-order chi connectivity index (χ1) is 12.2. The van der Waals surface area contributed by atoms with E-state index in [1.165, 1.54) is 0 Å². The molecular weight excluding hydrogens is 318 g/mol. The fourth-order valence-electron chi connectivity index (χ4n) is 3.52. The van der Waals surface area contributed by atoms with Crippen molar-refractivity contribution in [3.63, 3.8) is 0 Å². The molecule has 0 radical (unpaired) electrons. The van der Waals surface area contributed by atoms with Crippen LogP contribution in [0.3, 0.4) is 0 Å². The van der Waals surface area contributed by atoms with Crippen molar-refractivity contribution in [2.75, 3.05) is 13.1 Å². The maximum absolute atomic E-state index is 12.8. The van der Waals surface area contributed by atoms with E-state index in [0.717, 1.165) is 49.3 Å². The topological polar surface area (TPSA) is 81.7 Å². The zero-order chi connectivity index (χ0) is 17.4. The molecule has 1 aromatic carbocycles. The Labute approximate surface area is 145 Å². The van der Waals surface area contributed by atoms with Gasteiger partial charge in [-0.15, -0.1) is 15.3 Å². The lowest BCUT2D eigenvalue weighted by Crippen LogP contribution is -2.38. The number of piperidine rings is 1. The predicted molar refractivity (Wildman–Crippen MR) is 92.1 cm³/mol. The second kappa shape index (κ2) is 6.27. The van der Waals surface area contributed by atoms with E-state index < -0.39 is 0 Å². The highest BCUT2D eigenvalue weighted by Gasteiger charge is 2.27. The summed E-state index contributed by atoms with van der Waals surface area (Å²) in [6, 6.07) is 5.64. The van der Waals surface area contributed by atoms with Gasteiger partial charge in [-0.25, -0.2) is 4.68 Å². The molecule has 130 valence electrons. The number of aromatic nitrogens is 6. The number of carbonyl (C=O) groups excluding carboxylic acids is 1. The van der Waals surface area contributed by atoms with Crippen LogP contribution in [0.25, 0.3) is 11.0 Å². The van der Waals surface area contributed by atoms with Crippen LogP contribution >= 0.6 is 0 Å². The highest BCUT2D eigenvalue weighted by Crippen LogP contribution is 2.27. The van der Waals surface area contributed by atoms with Crippen molar-refractivity contribution in [3.05, 3.63) is 35.9 Å². The Morgan fingerprint density at radius 1 is 1.24 bits per heavy atom. The van der Waals surface area contributed by atoms with E-state index in [4.69, 9.17) is 0 Å². The summed E-state index contributed by atoms with van der Waals surface area (Å²) in [6.45, 7) is 4.25. The zero-order valence-corrected chi connectivity index (χ0v) is 14.5. The van der Waals surface area contributed by atoms with Crippen LogP contribution in [0.4, 0.5) is 0 Å². The average molecular weight is 339 g/mol. The smallest absolute Gasteiger partial charge is 0.253 e. The molecule has 1 aliphatic heterocycles. The molecule has 1 saturated heterocycles. The summed E-state index contributed by atoms with van der Waals surface area (Å²) >= 11 is 0.